The minimum atomic E-state index is -3.79. The molecule has 1 aromatic heterocycles. The number of alkyl halides is 1. The van der Waals surface area contributed by atoms with Gasteiger partial charge in [-0.05, 0) is 12.1 Å². The molecule has 1 amide bonds. The predicted molar refractivity (Wildman–Crippen MR) is 63.3 cm³/mol. The van der Waals surface area contributed by atoms with Gasteiger partial charge in [0.25, 0.3) is 5.91 Å². The zero-order valence-corrected chi connectivity index (χ0v) is 10.7. The number of nitrogens with one attached hydrogen (secondary N) is 1. The van der Waals surface area contributed by atoms with Crippen molar-refractivity contribution in [2.75, 3.05) is 19.6 Å². The first-order valence-electron chi connectivity index (χ1n) is 5.82. The molecule has 8 heteroatoms. The van der Waals surface area contributed by atoms with Gasteiger partial charge >= 0.3 is 0 Å². The number of nitrogens with zero attached hydrogens (tertiary/aromatic N) is 2. The van der Waals surface area contributed by atoms with Crippen LogP contribution < -0.4 is 5.32 Å². The van der Waals surface area contributed by atoms with E-state index < -0.39 is 34.1 Å². The summed E-state index contributed by atoms with van der Waals surface area (Å²) in [6.07, 6.45) is 2.68. The Morgan fingerprint density at radius 3 is 2.95 bits per heavy atom. The third kappa shape index (κ3) is 1.74. The first-order chi connectivity index (χ1) is 8.94. The maximum absolute atomic E-state index is 14.5. The van der Waals surface area contributed by atoms with E-state index in [1.807, 2.05) is 0 Å². The fourth-order valence-electron chi connectivity index (χ4n) is 2.52. The highest BCUT2D eigenvalue weighted by atomic mass is 32.2. The number of hydrogen-bond acceptors (Lipinski definition) is 4. The third-order valence-corrected chi connectivity index (χ3v) is 5.43. The predicted octanol–water partition coefficient (Wildman–Crippen LogP) is -0.460. The van der Waals surface area contributed by atoms with Crippen LogP contribution in [-0.2, 0) is 14.8 Å². The molecular weight excluding hydrogens is 273 g/mol. The van der Waals surface area contributed by atoms with Gasteiger partial charge in [0.1, 0.15) is 4.90 Å². The molecule has 6 nitrogen and oxygen atoms in total. The van der Waals surface area contributed by atoms with Gasteiger partial charge in [-0.25, -0.2) is 12.8 Å². The van der Waals surface area contributed by atoms with Crippen LogP contribution in [0.15, 0.2) is 29.4 Å². The summed E-state index contributed by atoms with van der Waals surface area (Å²) in [4.78, 5) is 15.2. The van der Waals surface area contributed by atoms with Crippen molar-refractivity contribution in [2.45, 2.75) is 10.6 Å². The highest BCUT2D eigenvalue weighted by molar-refractivity contribution is 7.89. The number of rotatable bonds is 2. The first-order valence-corrected chi connectivity index (χ1v) is 7.26. The topological polar surface area (TPSA) is 79.4 Å². The SMILES string of the molecule is O=C1NC[C@H]2CN(S(=O)(=O)c3cccnc3)C[C@@]12F. The van der Waals surface area contributed by atoms with Crippen molar-refractivity contribution in [3.05, 3.63) is 24.5 Å². The van der Waals surface area contributed by atoms with E-state index in [9.17, 15) is 17.6 Å². The zero-order chi connectivity index (χ0) is 13.7. The average molecular weight is 285 g/mol. The van der Waals surface area contributed by atoms with Gasteiger partial charge in [-0.2, -0.15) is 4.31 Å². The van der Waals surface area contributed by atoms with Crippen LogP contribution >= 0.6 is 0 Å². The molecule has 0 radical (unpaired) electrons. The number of amides is 1. The van der Waals surface area contributed by atoms with Gasteiger partial charge in [0.15, 0.2) is 0 Å². The lowest BCUT2D eigenvalue weighted by Gasteiger charge is -2.17. The van der Waals surface area contributed by atoms with Crippen molar-refractivity contribution in [1.29, 1.82) is 0 Å². The molecule has 2 saturated heterocycles. The fourth-order valence-corrected chi connectivity index (χ4v) is 4.00. The number of fused-ring (bicyclic) bond motifs is 1. The Hall–Kier alpha value is -1.54. The summed E-state index contributed by atoms with van der Waals surface area (Å²) >= 11 is 0. The summed E-state index contributed by atoms with van der Waals surface area (Å²) < 4.78 is 40.1. The van der Waals surface area contributed by atoms with E-state index in [0.717, 1.165) is 4.31 Å². The maximum Gasteiger partial charge on any atom is 0.259 e. The molecule has 1 N–H and O–H groups in total. The zero-order valence-electron chi connectivity index (χ0n) is 9.91. The Labute approximate surface area is 109 Å². The van der Waals surface area contributed by atoms with Crippen molar-refractivity contribution < 1.29 is 17.6 Å². The monoisotopic (exact) mass is 285 g/mol. The van der Waals surface area contributed by atoms with Crippen LogP contribution in [-0.4, -0.2) is 48.9 Å². The van der Waals surface area contributed by atoms with Crippen LogP contribution in [0.3, 0.4) is 0 Å². The van der Waals surface area contributed by atoms with E-state index in [1.54, 1.807) is 0 Å². The van der Waals surface area contributed by atoms with E-state index in [-0.39, 0.29) is 18.0 Å². The van der Waals surface area contributed by atoms with E-state index in [4.69, 9.17) is 0 Å². The van der Waals surface area contributed by atoms with Crippen LogP contribution in [0.5, 0.6) is 0 Å². The molecule has 0 bridgehead atoms. The van der Waals surface area contributed by atoms with Crippen LogP contribution in [0.4, 0.5) is 4.39 Å². The van der Waals surface area contributed by atoms with Crippen LogP contribution in [0, 0.1) is 5.92 Å². The average Bonchev–Trinajstić information content (AvgIpc) is 2.88. The van der Waals surface area contributed by atoms with Crippen molar-refractivity contribution in [3.8, 4) is 0 Å². The molecule has 3 rings (SSSR count). The van der Waals surface area contributed by atoms with Gasteiger partial charge in [-0.15, -0.1) is 0 Å². The maximum atomic E-state index is 14.5. The van der Waals surface area contributed by atoms with Gasteiger partial charge in [-0.1, -0.05) is 0 Å². The number of hydrogen-bond donors (Lipinski definition) is 1. The lowest BCUT2D eigenvalue weighted by molar-refractivity contribution is -0.129. The van der Waals surface area contributed by atoms with Gasteiger partial charge in [0.05, 0.1) is 6.54 Å². The Morgan fingerprint density at radius 2 is 2.32 bits per heavy atom. The smallest absolute Gasteiger partial charge is 0.259 e. The molecule has 102 valence electrons. The number of carbonyl (C=O) groups excluding carboxylic acids is 1. The lowest BCUT2D eigenvalue weighted by Crippen LogP contribution is -2.41. The minimum Gasteiger partial charge on any atom is -0.353 e. The molecule has 0 saturated carbocycles. The fraction of sp³-hybridized carbons (Fsp3) is 0.455. The second-order valence-corrected chi connectivity index (χ2v) is 6.69. The van der Waals surface area contributed by atoms with Crippen LogP contribution in [0.2, 0.25) is 0 Å². The largest absolute Gasteiger partial charge is 0.353 e. The Balaban J connectivity index is 1.92. The Bertz CT molecular complexity index is 621. The van der Waals surface area contributed by atoms with Crippen molar-refractivity contribution in [2.24, 2.45) is 5.92 Å². The number of halogens is 1. The van der Waals surface area contributed by atoms with E-state index in [2.05, 4.69) is 10.3 Å². The lowest BCUT2D eigenvalue weighted by atomic mass is 9.97. The molecule has 2 aliphatic rings. The normalized spacial score (nSPS) is 31.2. The van der Waals surface area contributed by atoms with Crippen molar-refractivity contribution >= 4 is 15.9 Å². The number of carbonyl (C=O) groups is 1. The molecule has 2 fully saturated rings. The molecule has 0 aromatic carbocycles. The second kappa shape index (κ2) is 3.97. The molecule has 2 aliphatic heterocycles. The first kappa shape index (κ1) is 12.5. The summed E-state index contributed by atoms with van der Waals surface area (Å²) in [5.74, 6) is -1.34. The second-order valence-electron chi connectivity index (χ2n) is 4.76. The standard InChI is InChI=1S/C11H12FN3O3S/c12-11-7-15(6-8(11)4-14-10(11)16)19(17,18)9-2-1-3-13-5-9/h1-3,5,8H,4,6-7H2,(H,14,16)/t8-,11-/m0/s1. The summed E-state index contributed by atoms with van der Waals surface area (Å²) in [5.41, 5.74) is -2.10. The van der Waals surface area contributed by atoms with Crippen molar-refractivity contribution in [3.63, 3.8) is 0 Å². The molecule has 3 heterocycles. The highest BCUT2D eigenvalue weighted by Gasteiger charge is 2.59. The molecule has 0 aliphatic carbocycles. The Morgan fingerprint density at radius 1 is 1.53 bits per heavy atom. The molecule has 0 unspecified atom stereocenters. The Kier molecular flexibility index (Phi) is 2.61. The van der Waals surface area contributed by atoms with Gasteiger partial charge < -0.3 is 5.32 Å². The molecule has 0 spiro atoms. The van der Waals surface area contributed by atoms with Crippen LogP contribution in [0.1, 0.15) is 0 Å². The highest BCUT2D eigenvalue weighted by Crippen LogP contribution is 2.37. The number of aromatic nitrogens is 1. The summed E-state index contributed by atoms with van der Waals surface area (Å²) in [6, 6.07) is 2.91. The van der Waals surface area contributed by atoms with E-state index in [0.29, 0.717) is 0 Å². The van der Waals surface area contributed by atoms with E-state index >= 15 is 0 Å². The molecule has 19 heavy (non-hydrogen) atoms. The summed E-state index contributed by atoms with van der Waals surface area (Å²) in [7, 11) is -3.79. The quantitative estimate of drug-likeness (QED) is 0.797. The van der Waals surface area contributed by atoms with Gasteiger partial charge in [0, 0.05) is 31.4 Å². The minimum absolute atomic E-state index is 0.00642. The van der Waals surface area contributed by atoms with Crippen LogP contribution in [0.25, 0.3) is 0 Å². The third-order valence-electron chi connectivity index (χ3n) is 3.64. The van der Waals surface area contributed by atoms with Gasteiger partial charge in [0.2, 0.25) is 15.7 Å². The number of sulfonamides is 1. The molecule has 2 atom stereocenters. The molecule has 1 aromatic rings. The van der Waals surface area contributed by atoms with Crippen molar-refractivity contribution in [1.82, 2.24) is 14.6 Å². The summed E-state index contributed by atoms with van der Waals surface area (Å²) in [5, 5.41) is 2.43. The molecular formula is C11H12FN3O3S. The number of pyridine rings is 1. The van der Waals surface area contributed by atoms with Gasteiger partial charge in [-0.3, -0.25) is 9.78 Å². The summed E-state index contributed by atoms with van der Waals surface area (Å²) in [6.45, 7) is -0.248. The van der Waals surface area contributed by atoms with E-state index in [1.165, 1.54) is 24.5 Å².